The molecule has 2 heterocycles. The SMILES string of the molecule is Cc1cn2cc(Br)nc(NC3CC3)c2n1. The summed E-state index contributed by atoms with van der Waals surface area (Å²) in [7, 11) is 0. The van der Waals surface area contributed by atoms with Crippen molar-refractivity contribution in [2.75, 3.05) is 5.32 Å². The molecule has 4 nitrogen and oxygen atoms in total. The summed E-state index contributed by atoms with van der Waals surface area (Å²) in [5, 5.41) is 3.39. The lowest BCUT2D eigenvalue weighted by atomic mass is 10.5. The number of nitrogens with one attached hydrogen (secondary N) is 1. The van der Waals surface area contributed by atoms with Crippen molar-refractivity contribution in [2.24, 2.45) is 0 Å². The number of anilines is 1. The number of rotatable bonds is 2. The molecule has 1 aliphatic carbocycles. The van der Waals surface area contributed by atoms with Gasteiger partial charge in [-0.05, 0) is 35.7 Å². The Morgan fingerprint density at radius 3 is 2.93 bits per heavy atom. The van der Waals surface area contributed by atoms with Crippen molar-refractivity contribution in [3.8, 4) is 0 Å². The molecule has 1 fully saturated rings. The Morgan fingerprint density at radius 2 is 2.20 bits per heavy atom. The minimum Gasteiger partial charge on any atom is -0.364 e. The number of aromatic nitrogens is 3. The Morgan fingerprint density at radius 1 is 1.40 bits per heavy atom. The number of hydrogen-bond acceptors (Lipinski definition) is 3. The Labute approximate surface area is 95.9 Å². The standard InChI is InChI=1S/C10H11BrN4/c1-6-4-15-5-8(11)14-9(10(15)12-6)13-7-2-3-7/h4-5,7H,2-3H2,1H3,(H,13,14). The van der Waals surface area contributed by atoms with Gasteiger partial charge in [-0.3, -0.25) is 0 Å². The van der Waals surface area contributed by atoms with E-state index in [0.29, 0.717) is 6.04 Å². The summed E-state index contributed by atoms with van der Waals surface area (Å²) in [6, 6.07) is 0.590. The number of hydrogen-bond donors (Lipinski definition) is 1. The van der Waals surface area contributed by atoms with Crippen LogP contribution in [0.4, 0.5) is 5.82 Å². The molecule has 1 aliphatic rings. The van der Waals surface area contributed by atoms with Crippen LogP contribution < -0.4 is 5.32 Å². The van der Waals surface area contributed by atoms with Gasteiger partial charge >= 0.3 is 0 Å². The molecule has 1 N–H and O–H groups in total. The molecule has 78 valence electrons. The Hall–Kier alpha value is -1.10. The van der Waals surface area contributed by atoms with Crippen molar-refractivity contribution < 1.29 is 0 Å². The fourth-order valence-electron chi connectivity index (χ4n) is 1.61. The van der Waals surface area contributed by atoms with Gasteiger partial charge in [-0.1, -0.05) is 0 Å². The van der Waals surface area contributed by atoms with E-state index < -0.39 is 0 Å². The summed E-state index contributed by atoms with van der Waals surface area (Å²) >= 11 is 3.40. The molecule has 0 aliphatic heterocycles. The fourth-order valence-corrected chi connectivity index (χ4v) is 2.01. The second-order valence-electron chi connectivity index (χ2n) is 3.94. The molecule has 0 saturated heterocycles. The monoisotopic (exact) mass is 266 g/mol. The van der Waals surface area contributed by atoms with Crippen LogP contribution >= 0.6 is 15.9 Å². The van der Waals surface area contributed by atoms with Crippen LogP contribution in [0.25, 0.3) is 5.65 Å². The summed E-state index contributed by atoms with van der Waals surface area (Å²) < 4.78 is 2.83. The topological polar surface area (TPSA) is 42.2 Å². The highest BCUT2D eigenvalue weighted by Crippen LogP contribution is 2.26. The maximum atomic E-state index is 4.45. The van der Waals surface area contributed by atoms with E-state index in [0.717, 1.165) is 21.8 Å². The summed E-state index contributed by atoms with van der Waals surface area (Å²) in [6.07, 6.45) is 6.40. The van der Waals surface area contributed by atoms with Crippen LogP contribution in [0.3, 0.4) is 0 Å². The third-order valence-corrected chi connectivity index (χ3v) is 2.83. The normalized spacial score (nSPS) is 15.9. The molecular weight excluding hydrogens is 256 g/mol. The smallest absolute Gasteiger partial charge is 0.180 e. The predicted octanol–water partition coefficient (Wildman–Crippen LogP) is 2.37. The van der Waals surface area contributed by atoms with Crippen molar-refractivity contribution in [2.45, 2.75) is 25.8 Å². The average molecular weight is 267 g/mol. The summed E-state index contributed by atoms with van der Waals surface area (Å²) in [5.41, 5.74) is 1.91. The molecule has 0 radical (unpaired) electrons. The molecule has 0 amide bonds. The van der Waals surface area contributed by atoms with Crippen LogP contribution in [0.15, 0.2) is 17.0 Å². The Bertz CT molecular complexity index is 515. The highest BCUT2D eigenvalue weighted by molar-refractivity contribution is 9.10. The quantitative estimate of drug-likeness (QED) is 0.908. The van der Waals surface area contributed by atoms with Gasteiger partial charge in [-0.25, -0.2) is 9.97 Å². The molecule has 1 saturated carbocycles. The van der Waals surface area contributed by atoms with Gasteiger partial charge in [0, 0.05) is 18.4 Å². The molecule has 0 unspecified atom stereocenters. The molecule has 15 heavy (non-hydrogen) atoms. The van der Waals surface area contributed by atoms with Crippen LogP contribution in [0.1, 0.15) is 18.5 Å². The van der Waals surface area contributed by atoms with E-state index in [9.17, 15) is 0 Å². The van der Waals surface area contributed by atoms with Gasteiger partial charge in [0.15, 0.2) is 11.5 Å². The van der Waals surface area contributed by atoms with Crippen molar-refractivity contribution in [1.29, 1.82) is 0 Å². The lowest BCUT2D eigenvalue weighted by Crippen LogP contribution is -2.05. The molecule has 0 bridgehead atoms. The first-order chi connectivity index (χ1) is 7.22. The van der Waals surface area contributed by atoms with Crippen LogP contribution in [0, 0.1) is 6.92 Å². The summed E-state index contributed by atoms with van der Waals surface area (Å²) in [5.74, 6) is 0.875. The number of nitrogens with zero attached hydrogens (tertiary/aromatic N) is 3. The number of imidazole rings is 1. The van der Waals surface area contributed by atoms with Crippen LogP contribution in [0.5, 0.6) is 0 Å². The molecule has 5 heteroatoms. The Kier molecular flexibility index (Phi) is 1.95. The second kappa shape index (κ2) is 3.20. The molecule has 2 aromatic rings. The molecule has 0 spiro atoms. The van der Waals surface area contributed by atoms with E-state index >= 15 is 0 Å². The fraction of sp³-hybridized carbons (Fsp3) is 0.400. The average Bonchev–Trinajstić information content (AvgIpc) is 2.87. The first-order valence-corrected chi connectivity index (χ1v) is 5.80. The van der Waals surface area contributed by atoms with Gasteiger partial charge in [0.1, 0.15) is 4.60 Å². The second-order valence-corrected chi connectivity index (χ2v) is 4.76. The summed E-state index contributed by atoms with van der Waals surface area (Å²) in [6.45, 7) is 1.99. The van der Waals surface area contributed by atoms with E-state index in [-0.39, 0.29) is 0 Å². The van der Waals surface area contributed by atoms with Crippen molar-refractivity contribution >= 4 is 27.4 Å². The van der Waals surface area contributed by atoms with Crippen LogP contribution in [-0.2, 0) is 0 Å². The highest BCUT2D eigenvalue weighted by Gasteiger charge is 2.23. The molecule has 3 rings (SSSR count). The van der Waals surface area contributed by atoms with Crippen molar-refractivity contribution in [1.82, 2.24) is 14.4 Å². The van der Waals surface area contributed by atoms with E-state index in [1.54, 1.807) is 0 Å². The maximum Gasteiger partial charge on any atom is 0.180 e. The van der Waals surface area contributed by atoms with Crippen molar-refractivity contribution in [3.05, 3.63) is 22.7 Å². The van der Waals surface area contributed by atoms with Crippen molar-refractivity contribution in [3.63, 3.8) is 0 Å². The van der Waals surface area contributed by atoms with E-state index in [1.165, 1.54) is 12.8 Å². The molecule has 0 aromatic carbocycles. The lowest BCUT2D eigenvalue weighted by molar-refractivity contribution is 1.05. The van der Waals surface area contributed by atoms with Gasteiger partial charge in [-0.2, -0.15) is 0 Å². The minimum absolute atomic E-state index is 0.590. The largest absolute Gasteiger partial charge is 0.364 e. The van der Waals surface area contributed by atoms with E-state index in [4.69, 9.17) is 0 Å². The van der Waals surface area contributed by atoms with Crippen LogP contribution in [-0.4, -0.2) is 20.4 Å². The zero-order valence-electron chi connectivity index (χ0n) is 8.37. The molecule has 0 atom stereocenters. The number of halogens is 1. The van der Waals surface area contributed by atoms with E-state index in [1.807, 2.05) is 23.7 Å². The number of aryl methyl sites for hydroxylation is 1. The van der Waals surface area contributed by atoms with Gasteiger partial charge in [0.05, 0.1) is 5.69 Å². The van der Waals surface area contributed by atoms with E-state index in [2.05, 4.69) is 31.2 Å². The third kappa shape index (κ3) is 1.71. The first kappa shape index (κ1) is 9.15. The predicted molar refractivity (Wildman–Crippen MR) is 62.1 cm³/mol. The molecule has 2 aromatic heterocycles. The highest BCUT2D eigenvalue weighted by atomic mass is 79.9. The van der Waals surface area contributed by atoms with Gasteiger partial charge in [0.2, 0.25) is 0 Å². The maximum absolute atomic E-state index is 4.45. The zero-order chi connectivity index (χ0) is 10.4. The van der Waals surface area contributed by atoms with Gasteiger partial charge < -0.3 is 9.72 Å². The van der Waals surface area contributed by atoms with Gasteiger partial charge in [-0.15, -0.1) is 0 Å². The van der Waals surface area contributed by atoms with Gasteiger partial charge in [0.25, 0.3) is 0 Å². The summed E-state index contributed by atoms with van der Waals surface area (Å²) in [4.78, 5) is 8.87. The zero-order valence-corrected chi connectivity index (χ0v) is 9.95. The number of fused-ring (bicyclic) bond motifs is 1. The Balaban J connectivity index is 2.15. The third-order valence-electron chi connectivity index (χ3n) is 2.45. The van der Waals surface area contributed by atoms with Crippen LogP contribution in [0.2, 0.25) is 0 Å². The lowest BCUT2D eigenvalue weighted by Gasteiger charge is -2.05. The minimum atomic E-state index is 0.590. The molecular formula is C10H11BrN4. The first-order valence-electron chi connectivity index (χ1n) is 5.01.